The van der Waals surface area contributed by atoms with E-state index in [1.807, 2.05) is 36.4 Å². The van der Waals surface area contributed by atoms with Crippen molar-refractivity contribution in [2.75, 3.05) is 31.1 Å². The zero-order valence-corrected chi connectivity index (χ0v) is 24.2. The first-order chi connectivity index (χ1) is 19.8. The summed E-state index contributed by atoms with van der Waals surface area (Å²) in [6.07, 6.45) is -0.196. The average Bonchev–Trinajstić information content (AvgIpc) is 3.00. The number of para-hydroxylation sites is 2. The Kier molecular flexibility index (Phi) is 8.82. The van der Waals surface area contributed by atoms with Crippen LogP contribution in [0.5, 0.6) is 11.5 Å². The topological polar surface area (TPSA) is 105 Å². The lowest BCUT2D eigenvalue weighted by Crippen LogP contribution is -2.53. The van der Waals surface area contributed by atoms with E-state index in [0.717, 1.165) is 5.56 Å². The van der Waals surface area contributed by atoms with Gasteiger partial charge >= 0.3 is 0 Å². The van der Waals surface area contributed by atoms with Gasteiger partial charge in [-0.05, 0) is 55.7 Å². The number of benzene rings is 3. The van der Waals surface area contributed by atoms with Crippen molar-refractivity contribution in [3.8, 4) is 11.5 Å². The number of anilines is 1. The number of hydrogen-bond acceptors (Lipinski definition) is 6. The Morgan fingerprint density at radius 3 is 2.46 bits per heavy atom. The van der Waals surface area contributed by atoms with E-state index >= 15 is 0 Å². The van der Waals surface area contributed by atoms with E-state index in [1.54, 1.807) is 42.2 Å². The third-order valence-electron chi connectivity index (χ3n) is 7.27. The van der Waals surface area contributed by atoms with Crippen molar-refractivity contribution in [1.29, 1.82) is 0 Å². The molecule has 2 heterocycles. The number of carbonyl (C=O) groups excluding carboxylic acids is 2. The van der Waals surface area contributed by atoms with Crippen LogP contribution in [0.3, 0.4) is 0 Å². The minimum Gasteiger partial charge on any atom is -0.492 e. The smallest absolute Gasteiger partial charge is 0.263 e. The highest BCUT2D eigenvalue weighted by Gasteiger charge is 2.39. The van der Waals surface area contributed by atoms with Crippen LogP contribution in [0.25, 0.3) is 0 Å². The molecule has 2 amide bonds. The van der Waals surface area contributed by atoms with Crippen molar-refractivity contribution in [1.82, 2.24) is 9.62 Å². The van der Waals surface area contributed by atoms with E-state index < -0.39 is 22.0 Å². The molecule has 9 nitrogen and oxygen atoms in total. The lowest BCUT2D eigenvalue weighted by molar-refractivity contribution is -0.129. The summed E-state index contributed by atoms with van der Waals surface area (Å²) in [6.45, 7) is 2.85. The molecule has 1 saturated heterocycles. The van der Waals surface area contributed by atoms with Crippen molar-refractivity contribution in [3.05, 3.63) is 83.4 Å². The molecule has 1 atom stereocenters. The van der Waals surface area contributed by atoms with Crippen molar-refractivity contribution in [2.24, 2.45) is 5.92 Å². The molecule has 0 spiro atoms. The van der Waals surface area contributed by atoms with Gasteiger partial charge in [-0.1, -0.05) is 54.1 Å². The van der Waals surface area contributed by atoms with Gasteiger partial charge in [-0.25, -0.2) is 8.42 Å². The van der Waals surface area contributed by atoms with Gasteiger partial charge in [0.1, 0.15) is 16.4 Å². The van der Waals surface area contributed by atoms with Crippen LogP contribution in [0.15, 0.2) is 77.7 Å². The Hall–Kier alpha value is -3.60. The highest BCUT2D eigenvalue weighted by molar-refractivity contribution is 7.89. The number of rotatable bonds is 8. The second-order valence-corrected chi connectivity index (χ2v) is 12.3. The molecule has 3 aromatic carbocycles. The predicted molar refractivity (Wildman–Crippen MR) is 156 cm³/mol. The summed E-state index contributed by atoms with van der Waals surface area (Å²) >= 11 is 6.11. The van der Waals surface area contributed by atoms with E-state index in [-0.39, 0.29) is 42.1 Å². The second kappa shape index (κ2) is 12.5. The van der Waals surface area contributed by atoms with Gasteiger partial charge in [0.15, 0.2) is 6.10 Å². The third kappa shape index (κ3) is 6.34. The van der Waals surface area contributed by atoms with Crippen LogP contribution >= 0.6 is 11.6 Å². The maximum Gasteiger partial charge on any atom is 0.263 e. The molecule has 11 heteroatoms. The third-order valence-corrected chi connectivity index (χ3v) is 9.42. The minimum absolute atomic E-state index is 0.0168. The number of nitrogens with zero attached hydrogens (tertiary/aromatic N) is 2. The molecule has 1 N–H and O–H groups in total. The van der Waals surface area contributed by atoms with Crippen LogP contribution < -0.4 is 19.7 Å². The second-order valence-electron chi connectivity index (χ2n) is 9.93. The Morgan fingerprint density at radius 2 is 1.73 bits per heavy atom. The zero-order chi connectivity index (χ0) is 29.0. The number of carbonyl (C=O) groups is 2. The summed E-state index contributed by atoms with van der Waals surface area (Å²) in [5.41, 5.74) is 1.55. The van der Waals surface area contributed by atoms with Crippen LogP contribution in [-0.4, -0.2) is 56.9 Å². The lowest BCUT2D eigenvalue weighted by Gasteiger charge is -2.38. The SMILES string of the molecule is CCOc1ccc(Cl)cc1S(=O)(=O)N1CCC(C(=O)N2C[C@H](C(=O)NCc3ccccc3)Oc3ccccc32)CC1. The Labute approximate surface area is 245 Å². The molecule has 0 saturated carbocycles. The van der Waals surface area contributed by atoms with Gasteiger partial charge in [-0.15, -0.1) is 0 Å². The van der Waals surface area contributed by atoms with Gasteiger partial charge in [0, 0.05) is 30.6 Å². The molecule has 2 aliphatic heterocycles. The number of ether oxygens (including phenoxy) is 2. The number of fused-ring (bicyclic) bond motifs is 1. The van der Waals surface area contributed by atoms with Crippen LogP contribution in [-0.2, 0) is 26.2 Å². The monoisotopic (exact) mass is 597 g/mol. The lowest BCUT2D eigenvalue weighted by atomic mass is 9.95. The Bertz CT molecular complexity index is 1510. The molecule has 0 unspecified atom stereocenters. The minimum atomic E-state index is -3.88. The highest BCUT2D eigenvalue weighted by Crippen LogP contribution is 2.37. The predicted octanol–water partition coefficient (Wildman–Crippen LogP) is 4.25. The number of nitrogens with one attached hydrogen (secondary N) is 1. The van der Waals surface area contributed by atoms with Gasteiger partial charge in [-0.3, -0.25) is 9.59 Å². The van der Waals surface area contributed by atoms with Gasteiger partial charge in [0.05, 0.1) is 18.8 Å². The normalized spacial score (nSPS) is 17.8. The standard InChI is InChI=1S/C30H32ClN3O6S/c1-2-39-26-13-12-23(31)18-28(26)41(37,38)33-16-14-22(15-17-33)30(36)34-20-27(40-25-11-7-6-10-24(25)34)29(35)32-19-21-8-4-3-5-9-21/h3-13,18,22,27H,2,14-17,19-20H2,1H3,(H,32,35)/t27-/m1/s1. The Morgan fingerprint density at radius 1 is 1.02 bits per heavy atom. The molecule has 0 aliphatic carbocycles. The summed E-state index contributed by atoms with van der Waals surface area (Å²) in [5.74, 6) is -0.176. The summed E-state index contributed by atoms with van der Waals surface area (Å²) in [6, 6.07) is 21.2. The van der Waals surface area contributed by atoms with Crippen molar-refractivity contribution < 1.29 is 27.5 Å². The largest absolute Gasteiger partial charge is 0.492 e. The van der Waals surface area contributed by atoms with E-state index in [2.05, 4.69) is 5.32 Å². The molecule has 5 rings (SSSR count). The molecular formula is C30H32ClN3O6S. The first-order valence-electron chi connectivity index (χ1n) is 13.6. The van der Waals surface area contributed by atoms with E-state index in [4.69, 9.17) is 21.1 Å². The van der Waals surface area contributed by atoms with Gasteiger partial charge in [0.2, 0.25) is 15.9 Å². The molecule has 216 valence electrons. The summed E-state index contributed by atoms with van der Waals surface area (Å²) in [7, 11) is -3.88. The van der Waals surface area contributed by atoms with Gasteiger partial charge in [0.25, 0.3) is 5.91 Å². The highest BCUT2D eigenvalue weighted by atomic mass is 35.5. The van der Waals surface area contributed by atoms with Crippen molar-refractivity contribution in [2.45, 2.75) is 37.3 Å². The first-order valence-corrected chi connectivity index (χ1v) is 15.4. The van der Waals surface area contributed by atoms with E-state index in [1.165, 1.54) is 10.4 Å². The fourth-order valence-electron chi connectivity index (χ4n) is 5.14. The Balaban J connectivity index is 1.28. The van der Waals surface area contributed by atoms with Crippen LogP contribution in [0.1, 0.15) is 25.3 Å². The van der Waals surface area contributed by atoms with E-state index in [9.17, 15) is 18.0 Å². The summed E-state index contributed by atoms with van der Waals surface area (Å²) < 4.78 is 39.9. The molecule has 2 aliphatic rings. The number of hydrogen-bond donors (Lipinski definition) is 1. The summed E-state index contributed by atoms with van der Waals surface area (Å²) in [5, 5.41) is 3.20. The molecular weight excluding hydrogens is 566 g/mol. The van der Waals surface area contributed by atoms with Gasteiger partial charge < -0.3 is 19.7 Å². The number of halogens is 1. The molecule has 0 bridgehead atoms. The maximum absolute atomic E-state index is 13.8. The van der Waals surface area contributed by atoms with Gasteiger partial charge in [-0.2, -0.15) is 4.31 Å². The zero-order valence-electron chi connectivity index (χ0n) is 22.7. The molecule has 41 heavy (non-hydrogen) atoms. The average molecular weight is 598 g/mol. The van der Waals surface area contributed by atoms with E-state index in [0.29, 0.717) is 42.5 Å². The number of sulfonamides is 1. The fourth-order valence-corrected chi connectivity index (χ4v) is 7.00. The molecule has 0 radical (unpaired) electrons. The number of piperidine rings is 1. The van der Waals surface area contributed by atoms with Crippen LogP contribution in [0.4, 0.5) is 5.69 Å². The van der Waals surface area contributed by atoms with Crippen LogP contribution in [0.2, 0.25) is 5.02 Å². The maximum atomic E-state index is 13.8. The van der Waals surface area contributed by atoms with Crippen LogP contribution in [0, 0.1) is 5.92 Å². The first kappa shape index (κ1) is 28.9. The molecule has 3 aromatic rings. The van der Waals surface area contributed by atoms with Crippen molar-refractivity contribution >= 4 is 39.1 Å². The molecule has 1 fully saturated rings. The number of amides is 2. The molecule has 0 aromatic heterocycles. The van der Waals surface area contributed by atoms with Crippen molar-refractivity contribution in [3.63, 3.8) is 0 Å². The quantitative estimate of drug-likeness (QED) is 0.416. The fraction of sp³-hybridized carbons (Fsp3) is 0.333. The summed E-state index contributed by atoms with van der Waals surface area (Å²) in [4.78, 5) is 28.5.